The van der Waals surface area contributed by atoms with Gasteiger partial charge in [-0.05, 0) is 23.8 Å². The normalized spacial score (nSPS) is 17.0. The van der Waals surface area contributed by atoms with Crippen molar-refractivity contribution in [3.63, 3.8) is 0 Å². The SMILES string of the molecule is O=C(C1=C(C(F)(F)F)Nc2ncnn2[C@@H]1c1cccnc1)c1ccco1. The van der Waals surface area contributed by atoms with Crippen molar-refractivity contribution in [2.45, 2.75) is 12.2 Å². The summed E-state index contributed by atoms with van der Waals surface area (Å²) in [6, 6.07) is 4.71. The van der Waals surface area contributed by atoms with Gasteiger partial charge in [0, 0.05) is 12.4 Å². The first kappa shape index (κ1) is 16.1. The number of aromatic nitrogens is 4. The molecule has 1 aliphatic heterocycles. The van der Waals surface area contributed by atoms with Crippen LogP contribution < -0.4 is 5.32 Å². The number of alkyl halides is 3. The summed E-state index contributed by atoms with van der Waals surface area (Å²) in [5, 5.41) is 6.15. The maximum absolute atomic E-state index is 13.7. The molecule has 0 bridgehead atoms. The minimum atomic E-state index is -4.81. The number of carbonyl (C=O) groups excluding carboxylic acids is 1. The van der Waals surface area contributed by atoms with Crippen molar-refractivity contribution in [1.82, 2.24) is 19.7 Å². The predicted molar refractivity (Wildman–Crippen MR) is 82.1 cm³/mol. The van der Waals surface area contributed by atoms with Gasteiger partial charge < -0.3 is 9.73 Å². The molecule has 4 rings (SSSR count). The third-order valence-corrected chi connectivity index (χ3v) is 3.87. The molecule has 0 saturated carbocycles. The molecule has 1 aliphatic rings. The second-order valence-corrected chi connectivity index (χ2v) is 5.43. The third-order valence-electron chi connectivity index (χ3n) is 3.87. The van der Waals surface area contributed by atoms with Gasteiger partial charge in [0.15, 0.2) is 5.76 Å². The van der Waals surface area contributed by atoms with Crippen molar-refractivity contribution in [2.75, 3.05) is 5.32 Å². The Morgan fingerprint density at radius 3 is 2.77 bits per heavy atom. The molecule has 1 atom stereocenters. The summed E-state index contributed by atoms with van der Waals surface area (Å²) in [6.45, 7) is 0. The van der Waals surface area contributed by atoms with Crippen molar-refractivity contribution in [3.05, 3.63) is 71.8 Å². The fourth-order valence-corrected chi connectivity index (χ4v) is 2.81. The summed E-state index contributed by atoms with van der Waals surface area (Å²) < 4.78 is 47.4. The van der Waals surface area contributed by atoms with Crippen LogP contribution in [0.3, 0.4) is 0 Å². The number of hydrogen-bond acceptors (Lipinski definition) is 6. The lowest BCUT2D eigenvalue weighted by atomic mass is 9.92. The third kappa shape index (κ3) is 2.55. The molecule has 3 aromatic heterocycles. The van der Waals surface area contributed by atoms with Crippen molar-refractivity contribution < 1.29 is 22.4 Å². The lowest BCUT2D eigenvalue weighted by Crippen LogP contribution is -2.35. The van der Waals surface area contributed by atoms with Crippen LogP contribution in [0, 0.1) is 0 Å². The number of hydrogen-bond donors (Lipinski definition) is 1. The highest BCUT2D eigenvalue weighted by Crippen LogP contribution is 2.41. The van der Waals surface area contributed by atoms with Gasteiger partial charge in [0.05, 0.1) is 11.8 Å². The maximum Gasteiger partial charge on any atom is 0.431 e. The number of carbonyl (C=O) groups is 1. The summed E-state index contributed by atoms with van der Waals surface area (Å²) in [5.41, 5.74) is -1.39. The molecule has 0 amide bonds. The zero-order valence-corrected chi connectivity index (χ0v) is 12.9. The van der Waals surface area contributed by atoms with Crippen molar-refractivity contribution >= 4 is 11.7 Å². The highest BCUT2D eigenvalue weighted by Gasteiger charge is 2.46. The molecule has 1 N–H and O–H groups in total. The summed E-state index contributed by atoms with van der Waals surface area (Å²) in [5.74, 6) is -1.23. The van der Waals surface area contributed by atoms with Crippen LogP contribution >= 0.6 is 0 Å². The van der Waals surface area contributed by atoms with E-state index in [1.807, 2.05) is 0 Å². The standard InChI is InChI=1S/C16H10F3N5O2/c17-16(18,19)14-11(13(25)10-4-2-6-26-10)12(9-3-1-5-20-7-9)24-15(23-14)21-8-22-24/h1-8,12H,(H,21,22,23)/t12-/m1/s1. The number of Topliss-reactive ketones (excluding diaryl/α,β-unsaturated/α-hetero) is 1. The molecule has 0 spiro atoms. The monoisotopic (exact) mass is 361 g/mol. The first-order valence-corrected chi connectivity index (χ1v) is 7.43. The molecule has 0 aromatic carbocycles. The van der Waals surface area contributed by atoms with Crippen LogP contribution in [0.1, 0.15) is 22.2 Å². The Labute approximate surface area is 144 Å². The largest absolute Gasteiger partial charge is 0.461 e. The number of pyridine rings is 1. The van der Waals surface area contributed by atoms with Crippen LogP contribution in [-0.4, -0.2) is 31.7 Å². The molecule has 10 heteroatoms. The van der Waals surface area contributed by atoms with E-state index in [-0.39, 0.29) is 11.7 Å². The number of nitrogens with zero attached hydrogens (tertiary/aromatic N) is 4. The molecule has 0 unspecified atom stereocenters. The summed E-state index contributed by atoms with van der Waals surface area (Å²) in [7, 11) is 0. The van der Waals surface area contributed by atoms with E-state index in [0.29, 0.717) is 5.56 Å². The molecule has 7 nitrogen and oxygen atoms in total. The van der Waals surface area contributed by atoms with Crippen LogP contribution in [0.4, 0.5) is 19.1 Å². The van der Waals surface area contributed by atoms with E-state index in [1.54, 1.807) is 12.1 Å². The highest BCUT2D eigenvalue weighted by molar-refractivity contribution is 6.09. The van der Waals surface area contributed by atoms with E-state index in [4.69, 9.17) is 4.42 Å². The van der Waals surface area contributed by atoms with Gasteiger partial charge in [-0.25, -0.2) is 4.68 Å². The molecule has 0 saturated heterocycles. The quantitative estimate of drug-likeness (QED) is 0.722. The minimum absolute atomic E-state index is 0.123. The average molecular weight is 361 g/mol. The zero-order chi connectivity index (χ0) is 18.3. The Kier molecular flexibility index (Phi) is 3.60. The predicted octanol–water partition coefficient (Wildman–Crippen LogP) is 2.98. The highest BCUT2D eigenvalue weighted by atomic mass is 19.4. The molecule has 26 heavy (non-hydrogen) atoms. The van der Waals surface area contributed by atoms with Crippen LogP contribution in [-0.2, 0) is 0 Å². The Hall–Kier alpha value is -3.43. The molecule has 0 fully saturated rings. The van der Waals surface area contributed by atoms with Gasteiger partial charge in [-0.15, -0.1) is 0 Å². The number of nitrogens with one attached hydrogen (secondary N) is 1. The number of halogens is 3. The maximum atomic E-state index is 13.7. The molecule has 0 aliphatic carbocycles. The number of furan rings is 1. The number of fused-ring (bicyclic) bond motifs is 1. The average Bonchev–Trinajstić information content (AvgIpc) is 3.31. The Bertz CT molecular complexity index is 977. The van der Waals surface area contributed by atoms with Gasteiger partial charge in [0.1, 0.15) is 18.1 Å². The second kappa shape index (κ2) is 5.83. The summed E-state index contributed by atoms with van der Waals surface area (Å²) in [6.07, 6.45) is 0.382. The molecule has 3 aromatic rings. The fraction of sp³-hybridized carbons (Fsp3) is 0.125. The number of anilines is 1. The molecular formula is C16H10F3N5O2. The fourth-order valence-electron chi connectivity index (χ4n) is 2.81. The first-order valence-electron chi connectivity index (χ1n) is 7.43. The summed E-state index contributed by atoms with van der Waals surface area (Å²) >= 11 is 0. The number of rotatable bonds is 3. The first-order chi connectivity index (χ1) is 12.5. The van der Waals surface area contributed by atoms with E-state index < -0.39 is 29.3 Å². The Morgan fingerprint density at radius 2 is 2.12 bits per heavy atom. The van der Waals surface area contributed by atoms with Gasteiger partial charge in [0.2, 0.25) is 11.7 Å². The number of allylic oxidation sites excluding steroid dienone is 2. The van der Waals surface area contributed by atoms with Crippen molar-refractivity contribution in [1.29, 1.82) is 0 Å². The molecular weight excluding hydrogens is 351 g/mol. The van der Waals surface area contributed by atoms with Gasteiger partial charge in [-0.2, -0.15) is 23.3 Å². The van der Waals surface area contributed by atoms with Crippen LogP contribution in [0.15, 0.2) is 64.9 Å². The van der Waals surface area contributed by atoms with Gasteiger partial charge in [-0.1, -0.05) is 6.07 Å². The van der Waals surface area contributed by atoms with E-state index in [0.717, 1.165) is 6.33 Å². The van der Waals surface area contributed by atoms with E-state index in [9.17, 15) is 18.0 Å². The Morgan fingerprint density at radius 1 is 1.27 bits per heavy atom. The van der Waals surface area contributed by atoms with Crippen molar-refractivity contribution in [2.24, 2.45) is 0 Å². The van der Waals surface area contributed by atoms with E-state index in [1.165, 1.54) is 35.5 Å². The smallest absolute Gasteiger partial charge is 0.431 e. The van der Waals surface area contributed by atoms with E-state index >= 15 is 0 Å². The minimum Gasteiger partial charge on any atom is -0.461 e. The van der Waals surface area contributed by atoms with Crippen LogP contribution in [0.2, 0.25) is 0 Å². The van der Waals surface area contributed by atoms with Crippen LogP contribution in [0.25, 0.3) is 0 Å². The summed E-state index contributed by atoms with van der Waals surface area (Å²) in [4.78, 5) is 20.6. The lowest BCUT2D eigenvalue weighted by Gasteiger charge is -2.30. The Balaban J connectivity index is 1.98. The molecule has 132 valence electrons. The lowest BCUT2D eigenvalue weighted by molar-refractivity contribution is -0.0918. The topological polar surface area (TPSA) is 85.8 Å². The number of ketones is 1. The van der Waals surface area contributed by atoms with Gasteiger partial charge >= 0.3 is 6.18 Å². The van der Waals surface area contributed by atoms with Crippen molar-refractivity contribution in [3.8, 4) is 0 Å². The van der Waals surface area contributed by atoms with Crippen LogP contribution in [0.5, 0.6) is 0 Å². The van der Waals surface area contributed by atoms with Gasteiger partial charge in [0.25, 0.3) is 0 Å². The molecule has 4 heterocycles. The van der Waals surface area contributed by atoms with E-state index in [2.05, 4.69) is 20.4 Å². The molecule has 0 radical (unpaired) electrons. The zero-order valence-electron chi connectivity index (χ0n) is 12.9. The second-order valence-electron chi connectivity index (χ2n) is 5.43. The van der Waals surface area contributed by atoms with Gasteiger partial charge in [-0.3, -0.25) is 9.78 Å².